The Morgan fingerprint density at radius 1 is 1.33 bits per heavy atom. The SMILES string of the molecule is Cc1ccsc1C(=O)CCc1ccsc1. The number of thiophene rings is 2. The minimum absolute atomic E-state index is 0.272. The number of aryl methyl sites for hydroxylation is 2. The van der Waals surface area contributed by atoms with Gasteiger partial charge in [-0.15, -0.1) is 11.3 Å². The number of carbonyl (C=O) groups excluding carboxylic acids is 1. The molecule has 0 spiro atoms. The molecule has 0 unspecified atom stereocenters. The molecule has 3 heteroatoms. The van der Waals surface area contributed by atoms with Crippen molar-refractivity contribution in [3.8, 4) is 0 Å². The van der Waals surface area contributed by atoms with Crippen molar-refractivity contribution in [1.29, 1.82) is 0 Å². The van der Waals surface area contributed by atoms with Crippen LogP contribution in [0.2, 0.25) is 0 Å². The van der Waals surface area contributed by atoms with Gasteiger partial charge in [-0.05, 0) is 52.7 Å². The molecule has 0 amide bonds. The van der Waals surface area contributed by atoms with Crippen LogP contribution in [0.3, 0.4) is 0 Å². The van der Waals surface area contributed by atoms with Crippen LogP contribution >= 0.6 is 22.7 Å². The summed E-state index contributed by atoms with van der Waals surface area (Å²) in [6.07, 6.45) is 1.48. The summed E-state index contributed by atoms with van der Waals surface area (Å²) < 4.78 is 0. The first-order valence-corrected chi connectivity index (χ1v) is 6.68. The van der Waals surface area contributed by atoms with Gasteiger partial charge in [0.15, 0.2) is 5.78 Å². The van der Waals surface area contributed by atoms with Gasteiger partial charge in [0.1, 0.15) is 0 Å². The Labute approximate surface area is 97.4 Å². The normalized spacial score (nSPS) is 10.5. The van der Waals surface area contributed by atoms with E-state index >= 15 is 0 Å². The van der Waals surface area contributed by atoms with Crippen molar-refractivity contribution < 1.29 is 4.79 Å². The summed E-state index contributed by atoms with van der Waals surface area (Å²) in [5.74, 6) is 0.272. The van der Waals surface area contributed by atoms with Crippen molar-refractivity contribution in [2.24, 2.45) is 0 Å². The first kappa shape index (κ1) is 10.6. The van der Waals surface area contributed by atoms with Gasteiger partial charge in [-0.2, -0.15) is 11.3 Å². The maximum absolute atomic E-state index is 11.8. The fourth-order valence-corrected chi connectivity index (χ4v) is 3.06. The average Bonchev–Trinajstić information content (AvgIpc) is 2.84. The molecule has 78 valence electrons. The van der Waals surface area contributed by atoms with Crippen LogP contribution in [0.4, 0.5) is 0 Å². The molecule has 0 saturated heterocycles. The third kappa shape index (κ3) is 2.55. The number of hydrogen-bond acceptors (Lipinski definition) is 3. The van der Waals surface area contributed by atoms with Gasteiger partial charge in [0.2, 0.25) is 0 Å². The highest BCUT2D eigenvalue weighted by molar-refractivity contribution is 7.12. The lowest BCUT2D eigenvalue weighted by Crippen LogP contribution is -1.99. The molecular formula is C12H12OS2. The van der Waals surface area contributed by atoms with Crippen molar-refractivity contribution in [3.63, 3.8) is 0 Å². The van der Waals surface area contributed by atoms with Crippen LogP contribution < -0.4 is 0 Å². The number of hydrogen-bond donors (Lipinski definition) is 0. The number of carbonyl (C=O) groups is 1. The Balaban J connectivity index is 1.96. The maximum atomic E-state index is 11.8. The van der Waals surface area contributed by atoms with E-state index in [0.717, 1.165) is 16.9 Å². The van der Waals surface area contributed by atoms with Crippen molar-refractivity contribution in [1.82, 2.24) is 0 Å². The van der Waals surface area contributed by atoms with Gasteiger partial charge in [-0.3, -0.25) is 4.79 Å². The Morgan fingerprint density at radius 2 is 2.20 bits per heavy atom. The minimum atomic E-state index is 0.272. The van der Waals surface area contributed by atoms with Gasteiger partial charge in [0, 0.05) is 6.42 Å². The molecule has 0 aliphatic heterocycles. The Hall–Kier alpha value is -0.930. The van der Waals surface area contributed by atoms with Crippen molar-refractivity contribution in [2.45, 2.75) is 19.8 Å². The van der Waals surface area contributed by atoms with Crippen LogP contribution in [0.25, 0.3) is 0 Å². The molecule has 0 bridgehead atoms. The van der Waals surface area contributed by atoms with Gasteiger partial charge in [0.05, 0.1) is 4.88 Å². The van der Waals surface area contributed by atoms with Crippen LogP contribution in [0.5, 0.6) is 0 Å². The third-order valence-corrected chi connectivity index (χ3v) is 4.13. The molecule has 0 aliphatic carbocycles. The highest BCUT2D eigenvalue weighted by Gasteiger charge is 2.10. The van der Waals surface area contributed by atoms with E-state index in [1.54, 1.807) is 22.7 Å². The molecule has 0 aliphatic rings. The molecule has 0 atom stereocenters. The molecule has 2 rings (SSSR count). The van der Waals surface area contributed by atoms with Crippen LogP contribution in [-0.2, 0) is 6.42 Å². The first-order chi connectivity index (χ1) is 7.27. The molecule has 2 aromatic heterocycles. The summed E-state index contributed by atoms with van der Waals surface area (Å²) in [5.41, 5.74) is 2.37. The molecule has 0 aromatic carbocycles. The fourth-order valence-electron chi connectivity index (χ4n) is 1.46. The number of ketones is 1. The van der Waals surface area contributed by atoms with Crippen LogP contribution in [0.15, 0.2) is 28.3 Å². The monoisotopic (exact) mass is 236 g/mol. The maximum Gasteiger partial charge on any atom is 0.173 e. The summed E-state index contributed by atoms with van der Waals surface area (Å²) in [6.45, 7) is 1.99. The van der Waals surface area contributed by atoms with Gasteiger partial charge in [-0.25, -0.2) is 0 Å². The van der Waals surface area contributed by atoms with Crippen molar-refractivity contribution >= 4 is 28.5 Å². The predicted octanol–water partition coefficient (Wildman–Crippen LogP) is 3.93. The topological polar surface area (TPSA) is 17.1 Å². The van der Waals surface area contributed by atoms with Crippen LogP contribution in [-0.4, -0.2) is 5.78 Å². The smallest absolute Gasteiger partial charge is 0.173 e. The van der Waals surface area contributed by atoms with E-state index in [4.69, 9.17) is 0 Å². The van der Waals surface area contributed by atoms with Crippen molar-refractivity contribution in [3.05, 3.63) is 44.3 Å². The molecular weight excluding hydrogens is 224 g/mol. The van der Waals surface area contributed by atoms with E-state index in [2.05, 4.69) is 16.8 Å². The van der Waals surface area contributed by atoms with E-state index in [1.165, 1.54) is 5.56 Å². The summed E-state index contributed by atoms with van der Waals surface area (Å²) >= 11 is 3.23. The Morgan fingerprint density at radius 3 is 2.80 bits per heavy atom. The summed E-state index contributed by atoms with van der Waals surface area (Å²) in [4.78, 5) is 12.8. The predicted molar refractivity (Wildman–Crippen MR) is 66.0 cm³/mol. The lowest BCUT2D eigenvalue weighted by atomic mass is 10.1. The zero-order valence-corrected chi connectivity index (χ0v) is 10.2. The Kier molecular flexibility index (Phi) is 3.34. The second-order valence-corrected chi connectivity index (χ2v) is 5.18. The zero-order chi connectivity index (χ0) is 10.7. The second kappa shape index (κ2) is 4.73. The zero-order valence-electron chi connectivity index (χ0n) is 8.53. The summed E-state index contributed by atoms with van der Waals surface area (Å²) in [7, 11) is 0. The largest absolute Gasteiger partial charge is 0.293 e. The lowest BCUT2D eigenvalue weighted by Gasteiger charge is -1.98. The first-order valence-electron chi connectivity index (χ1n) is 4.86. The quantitative estimate of drug-likeness (QED) is 0.735. The number of rotatable bonds is 4. The van der Waals surface area contributed by atoms with E-state index < -0.39 is 0 Å². The Bertz CT molecular complexity index is 440. The molecule has 0 fully saturated rings. The third-order valence-electron chi connectivity index (χ3n) is 2.34. The van der Waals surface area contributed by atoms with Crippen LogP contribution in [0.1, 0.15) is 27.2 Å². The second-order valence-electron chi connectivity index (χ2n) is 3.49. The molecule has 2 heterocycles. The molecule has 0 radical (unpaired) electrons. The molecule has 0 saturated carbocycles. The average molecular weight is 236 g/mol. The number of Topliss-reactive ketones (excluding diaryl/α,β-unsaturated/α-hetero) is 1. The highest BCUT2D eigenvalue weighted by atomic mass is 32.1. The van der Waals surface area contributed by atoms with Crippen molar-refractivity contribution in [2.75, 3.05) is 0 Å². The van der Waals surface area contributed by atoms with E-state index in [-0.39, 0.29) is 5.78 Å². The minimum Gasteiger partial charge on any atom is -0.293 e. The van der Waals surface area contributed by atoms with E-state index in [1.807, 2.05) is 18.4 Å². The highest BCUT2D eigenvalue weighted by Crippen LogP contribution is 2.19. The van der Waals surface area contributed by atoms with Gasteiger partial charge < -0.3 is 0 Å². The van der Waals surface area contributed by atoms with E-state index in [9.17, 15) is 4.79 Å². The summed E-state index contributed by atoms with van der Waals surface area (Å²) in [5, 5.41) is 6.14. The van der Waals surface area contributed by atoms with Crippen LogP contribution in [0, 0.1) is 6.92 Å². The molecule has 0 N–H and O–H groups in total. The molecule has 2 aromatic rings. The standard InChI is InChI=1S/C12H12OS2/c1-9-4-7-15-12(9)11(13)3-2-10-5-6-14-8-10/h4-8H,2-3H2,1H3. The van der Waals surface area contributed by atoms with Gasteiger partial charge in [0.25, 0.3) is 0 Å². The van der Waals surface area contributed by atoms with E-state index in [0.29, 0.717) is 6.42 Å². The van der Waals surface area contributed by atoms with Gasteiger partial charge in [-0.1, -0.05) is 0 Å². The molecule has 1 nitrogen and oxygen atoms in total. The fraction of sp³-hybridized carbons (Fsp3) is 0.250. The summed E-state index contributed by atoms with van der Waals surface area (Å²) in [6, 6.07) is 4.09. The van der Waals surface area contributed by atoms with Gasteiger partial charge >= 0.3 is 0 Å². The lowest BCUT2D eigenvalue weighted by molar-refractivity contribution is 0.0986. The molecule has 15 heavy (non-hydrogen) atoms.